The van der Waals surface area contributed by atoms with Gasteiger partial charge in [0, 0.05) is 18.8 Å². The van der Waals surface area contributed by atoms with Gasteiger partial charge in [-0.1, -0.05) is 11.8 Å². The van der Waals surface area contributed by atoms with Crippen LogP contribution in [0.2, 0.25) is 0 Å². The SMILES string of the molecule is CN(C)CCCNC(=O)CC1=CSC2=NCCN12. The smallest absolute Gasteiger partial charge is 0.225 e. The Morgan fingerprint density at radius 1 is 1.61 bits per heavy atom. The van der Waals surface area contributed by atoms with E-state index in [1.165, 1.54) is 0 Å². The number of aliphatic imine (C=N–C) groups is 1. The summed E-state index contributed by atoms with van der Waals surface area (Å²) < 4.78 is 0. The third-order valence-electron chi connectivity index (χ3n) is 2.89. The molecule has 1 N–H and O–H groups in total. The first kappa shape index (κ1) is 13.4. The molecule has 0 radical (unpaired) electrons. The second kappa shape index (κ2) is 6.24. The van der Waals surface area contributed by atoms with Crippen LogP contribution >= 0.6 is 11.8 Å². The fourth-order valence-electron chi connectivity index (χ4n) is 1.97. The molecule has 100 valence electrons. The molecule has 6 heteroatoms. The van der Waals surface area contributed by atoms with Gasteiger partial charge in [-0.05, 0) is 32.5 Å². The van der Waals surface area contributed by atoms with Gasteiger partial charge in [0.25, 0.3) is 0 Å². The fraction of sp³-hybridized carbons (Fsp3) is 0.667. The predicted molar refractivity (Wildman–Crippen MR) is 75.5 cm³/mol. The lowest BCUT2D eigenvalue weighted by Gasteiger charge is -2.16. The zero-order chi connectivity index (χ0) is 13.0. The molecule has 0 aromatic carbocycles. The van der Waals surface area contributed by atoms with Crippen LogP contribution in [-0.4, -0.2) is 61.1 Å². The van der Waals surface area contributed by atoms with Crippen LogP contribution in [0.15, 0.2) is 16.1 Å². The van der Waals surface area contributed by atoms with Gasteiger partial charge in [0.15, 0.2) is 5.17 Å². The number of carbonyl (C=O) groups is 1. The van der Waals surface area contributed by atoms with Crippen LogP contribution < -0.4 is 5.32 Å². The van der Waals surface area contributed by atoms with Crippen LogP contribution in [-0.2, 0) is 4.79 Å². The summed E-state index contributed by atoms with van der Waals surface area (Å²) in [5.74, 6) is 0.105. The second-order valence-corrected chi connectivity index (χ2v) is 5.56. The highest BCUT2D eigenvalue weighted by atomic mass is 32.2. The standard InChI is InChI=1S/C12H20N4OS/c1-15(2)6-3-4-13-11(17)8-10-9-18-12-14-5-7-16(10)12/h9H,3-8H2,1-2H3,(H,13,17). The zero-order valence-electron chi connectivity index (χ0n) is 11.0. The highest BCUT2D eigenvalue weighted by molar-refractivity contribution is 8.16. The summed E-state index contributed by atoms with van der Waals surface area (Å²) in [5.41, 5.74) is 1.08. The largest absolute Gasteiger partial charge is 0.356 e. The summed E-state index contributed by atoms with van der Waals surface area (Å²) >= 11 is 1.62. The van der Waals surface area contributed by atoms with Gasteiger partial charge in [-0.3, -0.25) is 9.79 Å². The molecule has 0 unspecified atom stereocenters. The Morgan fingerprint density at radius 2 is 2.44 bits per heavy atom. The van der Waals surface area contributed by atoms with E-state index in [0.717, 1.165) is 43.5 Å². The van der Waals surface area contributed by atoms with E-state index in [9.17, 15) is 4.79 Å². The first-order valence-corrected chi connectivity index (χ1v) is 7.14. The molecule has 0 bridgehead atoms. The Hall–Kier alpha value is -1.01. The lowest BCUT2D eigenvalue weighted by atomic mass is 10.3. The third-order valence-corrected chi connectivity index (χ3v) is 3.84. The lowest BCUT2D eigenvalue weighted by Crippen LogP contribution is -2.30. The Kier molecular flexibility index (Phi) is 4.66. The molecule has 0 spiro atoms. The molecule has 1 amide bonds. The number of rotatable bonds is 6. The van der Waals surface area contributed by atoms with Crippen LogP contribution in [0.1, 0.15) is 12.8 Å². The summed E-state index contributed by atoms with van der Waals surface area (Å²) in [6.07, 6.45) is 1.46. The van der Waals surface area contributed by atoms with Crippen LogP contribution in [0, 0.1) is 0 Å². The van der Waals surface area contributed by atoms with Crippen molar-refractivity contribution in [1.29, 1.82) is 0 Å². The minimum absolute atomic E-state index is 0.105. The number of fused-ring (bicyclic) bond motifs is 1. The van der Waals surface area contributed by atoms with Crippen molar-refractivity contribution in [2.45, 2.75) is 12.8 Å². The molecule has 18 heavy (non-hydrogen) atoms. The number of hydrogen-bond donors (Lipinski definition) is 1. The van der Waals surface area contributed by atoms with Gasteiger partial charge in [0.05, 0.1) is 13.0 Å². The molecule has 2 rings (SSSR count). The van der Waals surface area contributed by atoms with Crippen molar-refractivity contribution in [2.75, 3.05) is 40.3 Å². The van der Waals surface area contributed by atoms with E-state index in [1.807, 2.05) is 19.5 Å². The van der Waals surface area contributed by atoms with Gasteiger partial charge in [-0.2, -0.15) is 0 Å². The van der Waals surface area contributed by atoms with E-state index >= 15 is 0 Å². The van der Waals surface area contributed by atoms with E-state index in [2.05, 4.69) is 20.1 Å². The van der Waals surface area contributed by atoms with Crippen LogP contribution in [0.4, 0.5) is 0 Å². The Balaban J connectivity index is 1.67. The average Bonchev–Trinajstić information content (AvgIpc) is 2.89. The predicted octanol–water partition coefficient (Wildman–Crippen LogP) is 0.704. The maximum atomic E-state index is 11.8. The van der Waals surface area contributed by atoms with Crippen molar-refractivity contribution in [2.24, 2.45) is 4.99 Å². The number of thioether (sulfide) groups is 1. The monoisotopic (exact) mass is 268 g/mol. The highest BCUT2D eigenvalue weighted by Gasteiger charge is 2.27. The molecule has 2 aliphatic rings. The molecule has 2 heterocycles. The Morgan fingerprint density at radius 3 is 3.22 bits per heavy atom. The molecule has 0 aromatic heterocycles. The summed E-state index contributed by atoms with van der Waals surface area (Å²) in [6.45, 7) is 3.52. The van der Waals surface area contributed by atoms with E-state index in [1.54, 1.807) is 11.8 Å². The summed E-state index contributed by atoms with van der Waals surface area (Å²) in [4.78, 5) is 20.4. The van der Waals surface area contributed by atoms with Crippen molar-refractivity contribution < 1.29 is 4.79 Å². The maximum Gasteiger partial charge on any atom is 0.225 e. The Bertz CT molecular complexity index is 378. The number of nitrogens with one attached hydrogen (secondary N) is 1. The van der Waals surface area contributed by atoms with Gasteiger partial charge in [-0.25, -0.2) is 0 Å². The molecular formula is C12H20N4OS. The molecule has 0 fully saturated rings. The van der Waals surface area contributed by atoms with Crippen LogP contribution in [0.25, 0.3) is 0 Å². The Labute approximate surface area is 112 Å². The molecule has 0 saturated heterocycles. The van der Waals surface area contributed by atoms with E-state index in [0.29, 0.717) is 6.42 Å². The fourth-order valence-corrected chi connectivity index (χ4v) is 2.92. The molecular weight excluding hydrogens is 248 g/mol. The minimum Gasteiger partial charge on any atom is -0.356 e. The van der Waals surface area contributed by atoms with Gasteiger partial charge >= 0.3 is 0 Å². The highest BCUT2D eigenvalue weighted by Crippen LogP contribution is 2.30. The number of hydrogen-bond acceptors (Lipinski definition) is 5. The van der Waals surface area contributed by atoms with Gasteiger partial charge in [0.2, 0.25) is 5.91 Å². The van der Waals surface area contributed by atoms with Crippen molar-refractivity contribution in [3.63, 3.8) is 0 Å². The van der Waals surface area contributed by atoms with Gasteiger partial charge in [0.1, 0.15) is 0 Å². The van der Waals surface area contributed by atoms with E-state index in [-0.39, 0.29) is 5.91 Å². The van der Waals surface area contributed by atoms with Gasteiger partial charge < -0.3 is 15.1 Å². The molecule has 0 aliphatic carbocycles. The first-order valence-electron chi connectivity index (χ1n) is 6.26. The van der Waals surface area contributed by atoms with Crippen molar-refractivity contribution in [1.82, 2.24) is 15.1 Å². The molecule has 0 aromatic rings. The third kappa shape index (κ3) is 3.49. The quantitative estimate of drug-likeness (QED) is 0.721. The van der Waals surface area contributed by atoms with Crippen molar-refractivity contribution in [3.05, 3.63) is 11.1 Å². The normalized spacial score (nSPS) is 17.8. The number of amidine groups is 1. The lowest BCUT2D eigenvalue weighted by molar-refractivity contribution is -0.120. The van der Waals surface area contributed by atoms with Crippen LogP contribution in [0.5, 0.6) is 0 Å². The summed E-state index contributed by atoms with van der Waals surface area (Å²) in [6, 6.07) is 0. The number of nitrogens with zero attached hydrogens (tertiary/aromatic N) is 3. The average molecular weight is 268 g/mol. The first-order chi connectivity index (χ1) is 8.66. The maximum absolute atomic E-state index is 11.8. The van der Waals surface area contributed by atoms with Crippen molar-refractivity contribution in [3.8, 4) is 0 Å². The topological polar surface area (TPSA) is 47.9 Å². The molecule has 5 nitrogen and oxygen atoms in total. The summed E-state index contributed by atoms with van der Waals surface area (Å²) in [7, 11) is 4.08. The second-order valence-electron chi connectivity index (χ2n) is 4.73. The number of carbonyl (C=O) groups excluding carboxylic acids is 1. The molecule has 2 aliphatic heterocycles. The van der Waals surface area contributed by atoms with Crippen LogP contribution in [0.3, 0.4) is 0 Å². The van der Waals surface area contributed by atoms with Gasteiger partial charge in [-0.15, -0.1) is 0 Å². The molecule has 0 saturated carbocycles. The molecule has 0 atom stereocenters. The van der Waals surface area contributed by atoms with Crippen molar-refractivity contribution >= 4 is 22.8 Å². The van der Waals surface area contributed by atoms with E-state index in [4.69, 9.17) is 0 Å². The minimum atomic E-state index is 0.105. The zero-order valence-corrected chi connectivity index (χ0v) is 11.8. The summed E-state index contributed by atoms with van der Waals surface area (Å²) in [5, 5.41) is 6.05. The van der Waals surface area contributed by atoms with E-state index < -0.39 is 0 Å². The number of amides is 1.